The number of rotatable bonds is 8. The van der Waals surface area contributed by atoms with Crippen LogP contribution in [-0.2, 0) is 6.42 Å². The van der Waals surface area contributed by atoms with E-state index in [1.165, 1.54) is 5.56 Å². The molecule has 0 saturated carbocycles. The number of halogens is 1. The summed E-state index contributed by atoms with van der Waals surface area (Å²) in [6.45, 7) is 6.41. The Morgan fingerprint density at radius 3 is 2.52 bits per heavy atom. The Balaban J connectivity index is 0.00000364. The maximum Gasteiger partial charge on any atom is 0.191 e. The number of para-hydroxylation sites is 1. The van der Waals surface area contributed by atoms with E-state index in [9.17, 15) is 5.11 Å². The standard InChI is InChI=1S/C21H29N3O2.HI/c1-4-22-21(24-15-16(2)17-9-6-5-7-10-17)23-14-13-18-11-8-12-19(26-3)20(18)25;/h5-12,16,25H,4,13-15H2,1-3H3,(H2,22,23,24);1H. The van der Waals surface area contributed by atoms with Crippen LogP contribution in [0.15, 0.2) is 53.5 Å². The molecule has 5 nitrogen and oxygen atoms in total. The zero-order chi connectivity index (χ0) is 18.8. The van der Waals surface area contributed by atoms with E-state index >= 15 is 0 Å². The molecule has 0 heterocycles. The minimum atomic E-state index is 0. The molecule has 27 heavy (non-hydrogen) atoms. The Bertz CT molecular complexity index is 708. The van der Waals surface area contributed by atoms with Gasteiger partial charge in [0.2, 0.25) is 0 Å². The summed E-state index contributed by atoms with van der Waals surface area (Å²) in [6, 6.07) is 15.9. The molecule has 2 aromatic rings. The van der Waals surface area contributed by atoms with Gasteiger partial charge in [0.1, 0.15) is 0 Å². The van der Waals surface area contributed by atoms with Crippen LogP contribution in [0.25, 0.3) is 0 Å². The van der Waals surface area contributed by atoms with Gasteiger partial charge < -0.3 is 20.5 Å². The van der Waals surface area contributed by atoms with Crippen LogP contribution < -0.4 is 15.4 Å². The van der Waals surface area contributed by atoms with Crippen molar-refractivity contribution < 1.29 is 9.84 Å². The Morgan fingerprint density at radius 1 is 1.11 bits per heavy atom. The molecule has 1 unspecified atom stereocenters. The molecular formula is C21H30IN3O2. The smallest absolute Gasteiger partial charge is 0.191 e. The molecule has 6 heteroatoms. The van der Waals surface area contributed by atoms with Gasteiger partial charge in [-0.3, -0.25) is 4.99 Å². The van der Waals surface area contributed by atoms with E-state index in [0.29, 0.717) is 31.2 Å². The van der Waals surface area contributed by atoms with E-state index in [2.05, 4.69) is 46.8 Å². The molecule has 0 amide bonds. The first-order valence-corrected chi connectivity index (χ1v) is 9.07. The largest absolute Gasteiger partial charge is 0.504 e. The highest BCUT2D eigenvalue weighted by atomic mass is 127. The van der Waals surface area contributed by atoms with E-state index in [-0.39, 0.29) is 29.7 Å². The number of aliphatic imine (C=N–C) groups is 1. The van der Waals surface area contributed by atoms with E-state index in [1.54, 1.807) is 13.2 Å². The molecule has 0 bridgehead atoms. The summed E-state index contributed by atoms with van der Waals surface area (Å²) in [4.78, 5) is 4.68. The van der Waals surface area contributed by atoms with E-state index in [1.807, 2.05) is 25.1 Å². The van der Waals surface area contributed by atoms with Crippen molar-refractivity contribution in [2.75, 3.05) is 26.7 Å². The number of phenolic OH excluding ortho intramolecular Hbond substituents is 1. The van der Waals surface area contributed by atoms with Gasteiger partial charge in [0.05, 0.1) is 7.11 Å². The monoisotopic (exact) mass is 483 g/mol. The van der Waals surface area contributed by atoms with Crippen molar-refractivity contribution in [3.63, 3.8) is 0 Å². The first-order chi connectivity index (χ1) is 12.7. The van der Waals surface area contributed by atoms with Crippen molar-refractivity contribution >= 4 is 29.9 Å². The van der Waals surface area contributed by atoms with Gasteiger partial charge >= 0.3 is 0 Å². The van der Waals surface area contributed by atoms with E-state index < -0.39 is 0 Å². The summed E-state index contributed by atoms with van der Waals surface area (Å²) in [5.74, 6) is 1.85. The molecule has 1 atom stereocenters. The molecule has 0 aliphatic heterocycles. The number of nitrogens with one attached hydrogen (secondary N) is 2. The van der Waals surface area contributed by atoms with Gasteiger partial charge in [-0.2, -0.15) is 0 Å². The summed E-state index contributed by atoms with van der Waals surface area (Å²) < 4.78 is 5.15. The molecular weight excluding hydrogens is 453 g/mol. The summed E-state index contributed by atoms with van der Waals surface area (Å²) in [5.41, 5.74) is 2.14. The van der Waals surface area contributed by atoms with Crippen molar-refractivity contribution in [1.82, 2.24) is 10.6 Å². The fourth-order valence-corrected chi connectivity index (χ4v) is 2.71. The number of methoxy groups -OCH3 is 1. The summed E-state index contributed by atoms with van der Waals surface area (Å²) in [7, 11) is 1.56. The number of benzene rings is 2. The van der Waals surface area contributed by atoms with Gasteiger partial charge in [-0.05, 0) is 30.5 Å². The predicted octanol–water partition coefficient (Wildman–Crippen LogP) is 3.92. The zero-order valence-electron chi connectivity index (χ0n) is 16.2. The van der Waals surface area contributed by atoms with Crippen molar-refractivity contribution in [3.05, 3.63) is 59.7 Å². The Hall–Kier alpha value is -1.96. The van der Waals surface area contributed by atoms with Gasteiger partial charge in [0, 0.05) is 25.6 Å². The second kappa shape index (κ2) is 12.4. The number of guanidine groups is 1. The lowest BCUT2D eigenvalue weighted by molar-refractivity contribution is 0.370. The van der Waals surface area contributed by atoms with Gasteiger partial charge in [-0.25, -0.2) is 0 Å². The second-order valence-electron chi connectivity index (χ2n) is 6.18. The third-order valence-corrected chi connectivity index (χ3v) is 4.23. The van der Waals surface area contributed by atoms with Crippen LogP contribution in [0.5, 0.6) is 11.5 Å². The lowest BCUT2D eigenvalue weighted by Gasteiger charge is -2.14. The number of hydrogen-bond acceptors (Lipinski definition) is 3. The van der Waals surface area contributed by atoms with Crippen molar-refractivity contribution in [1.29, 1.82) is 0 Å². The lowest BCUT2D eigenvalue weighted by atomic mass is 10.0. The highest BCUT2D eigenvalue weighted by Gasteiger charge is 2.08. The maximum atomic E-state index is 10.2. The number of aromatic hydroxyl groups is 1. The molecule has 2 rings (SSSR count). The van der Waals surface area contributed by atoms with Gasteiger partial charge in [-0.15, -0.1) is 24.0 Å². The maximum absolute atomic E-state index is 10.2. The Morgan fingerprint density at radius 2 is 1.85 bits per heavy atom. The van der Waals surface area contributed by atoms with Gasteiger partial charge in [-0.1, -0.05) is 49.4 Å². The predicted molar refractivity (Wildman–Crippen MR) is 123 cm³/mol. The van der Waals surface area contributed by atoms with Crippen molar-refractivity contribution in [2.45, 2.75) is 26.2 Å². The fourth-order valence-electron chi connectivity index (χ4n) is 2.71. The molecule has 2 aromatic carbocycles. The third kappa shape index (κ3) is 7.28. The topological polar surface area (TPSA) is 65.9 Å². The summed E-state index contributed by atoms with van der Waals surface area (Å²) in [6.07, 6.45) is 0.682. The molecule has 0 aromatic heterocycles. The van der Waals surface area contributed by atoms with E-state index in [0.717, 1.165) is 18.1 Å². The normalized spacial score (nSPS) is 12.0. The van der Waals surface area contributed by atoms with Crippen molar-refractivity contribution in [2.24, 2.45) is 4.99 Å². The SMILES string of the molecule is CCNC(=NCC(C)c1ccccc1)NCCc1cccc(OC)c1O.I. The van der Waals surface area contributed by atoms with Crippen LogP contribution >= 0.6 is 24.0 Å². The molecule has 0 aliphatic carbocycles. The lowest BCUT2D eigenvalue weighted by Crippen LogP contribution is -2.38. The summed E-state index contributed by atoms with van der Waals surface area (Å²) >= 11 is 0. The molecule has 0 spiro atoms. The highest BCUT2D eigenvalue weighted by Crippen LogP contribution is 2.29. The number of phenols is 1. The second-order valence-corrected chi connectivity index (χ2v) is 6.18. The number of nitrogens with zero attached hydrogens (tertiary/aromatic N) is 1. The van der Waals surface area contributed by atoms with Crippen LogP contribution in [0.1, 0.15) is 30.9 Å². The van der Waals surface area contributed by atoms with Gasteiger partial charge in [0.15, 0.2) is 17.5 Å². The van der Waals surface area contributed by atoms with Crippen LogP contribution in [0, 0.1) is 0 Å². The molecule has 0 fully saturated rings. The molecule has 0 saturated heterocycles. The average Bonchev–Trinajstić information content (AvgIpc) is 2.67. The van der Waals surface area contributed by atoms with Crippen LogP contribution in [-0.4, -0.2) is 37.8 Å². The van der Waals surface area contributed by atoms with Crippen LogP contribution in [0.2, 0.25) is 0 Å². The molecule has 0 aliphatic rings. The fraction of sp³-hybridized carbons (Fsp3) is 0.381. The zero-order valence-corrected chi connectivity index (χ0v) is 18.6. The first-order valence-electron chi connectivity index (χ1n) is 9.07. The average molecular weight is 483 g/mol. The third-order valence-electron chi connectivity index (χ3n) is 4.23. The van der Waals surface area contributed by atoms with Crippen LogP contribution in [0.4, 0.5) is 0 Å². The van der Waals surface area contributed by atoms with Crippen LogP contribution in [0.3, 0.4) is 0 Å². The number of ether oxygens (including phenoxy) is 1. The quantitative estimate of drug-likeness (QED) is 0.303. The van der Waals surface area contributed by atoms with Gasteiger partial charge in [0.25, 0.3) is 0 Å². The van der Waals surface area contributed by atoms with E-state index in [4.69, 9.17) is 4.74 Å². The van der Waals surface area contributed by atoms with Crippen molar-refractivity contribution in [3.8, 4) is 11.5 Å². The summed E-state index contributed by atoms with van der Waals surface area (Å²) in [5, 5.41) is 16.8. The molecule has 0 radical (unpaired) electrons. The molecule has 3 N–H and O–H groups in total. The minimum absolute atomic E-state index is 0. The Labute approximate surface area is 179 Å². The minimum Gasteiger partial charge on any atom is -0.504 e. The Kier molecular flexibility index (Phi) is 10.6. The highest BCUT2D eigenvalue weighted by molar-refractivity contribution is 14.0. The molecule has 148 valence electrons. The number of hydrogen-bond donors (Lipinski definition) is 3. The first kappa shape index (κ1) is 23.1.